The van der Waals surface area contributed by atoms with Crippen molar-refractivity contribution >= 4 is 10.2 Å². The lowest BCUT2D eigenvalue weighted by molar-refractivity contribution is 0.257. The van der Waals surface area contributed by atoms with Crippen LogP contribution in [0.5, 0.6) is 0 Å². The van der Waals surface area contributed by atoms with Gasteiger partial charge in [-0.2, -0.15) is 12.7 Å². The molecule has 1 aliphatic heterocycles. The van der Waals surface area contributed by atoms with E-state index in [2.05, 4.69) is 11.6 Å². The van der Waals surface area contributed by atoms with Gasteiger partial charge in [0.25, 0.3) is 10.2 Å². The average molecular weight is 234 g/mol. The van der Waals surface area contributed by atoms with Gasteiger partial charge in [0.1, 0.15) is 0 Å². The molecule has 0 aromatic carbocycles. The fourth-order valence-electron chi connectivity index (χ4n) is 1.86. The second kappa shape index (κ2) is 4.80. The minimum atomic E-state index is -3.20. The third kappa shape index (κ3) is 3.16. The topological polar surface area (TPSA) is 49.4 Å². The maximum atomic E-state index is 11.7. The van der Waals surface area contributed by atoms with Gasteiger partial charge in [-0.15, -0.1) is 0 Å². The molecule has 0 aromatic rings. The highest BCUT2D eigenvalue weighted by Crippen LogP contribution is 2.24. The molecular weight excluding hydrogens is 212 g/mol. The van der Waals surface area contributed by atoms with E-state index < -0.39 is 10.2 Å². The summed E-state index contributed by atoms with van der Waals surface area (Å²) in [7, 11) is -3.20. The molecule has 0 atom stereocenters. The van der Waals surface area contributed by atoms with E-state index in [1.54, 1.807) is 4.31 Å². The van der Waals surface area contributed by atoms with Crippen LogP contribution < -0.4 is 4.72 Å². The van der Waals surface area contributed by atoms with Crippen LogP contribution >= 0.6 is 0 Å². The molecule has 1 rings (SSSR count). The van der Waals surface area contributed by atoms with Crippen molar-refractivity contribution in [2.24, 2.45) is 0 Å². The molecule has 0 bridgehead atoms. The normalized spacial score (nSPS) is 24.5. The summed E-state index contributed by atoms with van der Waals surface area (Å²) in [5, 5.41) is 0. The minimum Gasteiger partial charge on any atom is -0.200 e. The van der Waals surface area contributed by atoms with Gasteiger partial charge in [-0.25, -0.2) is 4.72 Å². The van der Waals surface area contributed by atoms with Crippen molar-refractivity contribution < 1.29 is 8.42 Å². The first kappa shape index (κ1) is 12.9. The maximum absolute atomic E-state index is 11.7. The van der Waals surface area contributed by atoms with E-state index >= 15 is 0 Å². The Morgan fingerprint density at radius 2 is 1.93 bits per heavy atom. The number of unbranched alkanes of at least 4 members (excludes halogenated alkanes) is 3. The van der Waals surface area contributed by atoms with E-state index in [0.29, 0.717) is 13.1 Å². The van der Waals surface area contributed by atoms with Gasteiger partial charge in [0.2, 0.25) is 0 Å². The zero-order chi connectivity index (χ0) is 11.5. The standard InChI is InChI=1S/C10H22N2O2S/c1-4-5-6-7-8-12-10(2,3)9-11-15(12,13)14/h11H,4-9H2,1-3H3. The number of nitrogens with one attached hydrogen (secondary N) is 1. The van der Waals surface area contributed by atoms with Crippen molar-refractivity contribution in [2.45, 2.75) is 52.0 Å². The van der Waals surface area contributed by atoms with Crippen LogP contribution in [0.3, 0.4) is 0 Å². The van der Waals surface area contributed by atoms with E-state index in [1.165, 1.54) is 12.8 Å². The van der Waals surface area contributed by atoms with Crippen LogP contribution in [0, 0.1) is 0 Å². The molecule has 90 valence electrons. The van der Waals surface area contributed by atoms with Crippen LogP contribution in [0.2, 0.25) is 0 Å². The molecule has 0 unspecified atom stereocenters. The van der Waals surface area contributed by atoms with E-state index in [9.17, 15) is 8.42 Å². The molecule has 1 fully saturated rings. The summed E-state index contributed by atoms with van der Waals surface area (Å²) >= 11 is 0. The van der Waals surface area contributed by atoms with Crippen LogP contribution in [0.15, 0.2) is 0 Å². The lowest BCUT2D eigenvalue weighted by Gasteiger charge is -2.27. The van der Waals surface area contributed by atoms with Gasteiger partial charge < -0.3 is 0 Å². The molecule has 15 heavy (non-hydrogen) atoms. The van der Waals surface area contributed by atoms with E-state index in [0.717, 1.165) is 12.8 Å². The molecule has 0 amide bonds. The summed E-state index contributed by atoms with van der Waals surface area (Å²) in [4.78, 5) is 0. The minimum absolute atomic E-state index is 0.273. The van der Waals surface area contributed by atoms with E-state index in [1.807, 2.05) is 13.8 Å². The molecule has 1 aliphatic rings. The number of nitrogens with zero attached hydrogens (tertiary/aromatic N) is 1. The first-order valence-electron chi connectivity index (χ1n) is 5.67. The molecule has 4 nitrogen and oxygen atoms in total. The second-order valence-corrected chi connectivity index (χ2v) is 6.45. The van der Waals surface area contributed by atoms with Gasteiger partial charge in [-0.1, -0.05) is 26.2 Å². The fourth-order valence-corrected chi connectivity index (χ4v) is 3.64. The predicted molar refractivity (Wildman–Crippen MR) is 61.8 cm³/mol. The van der Waals surface area contributed by atoms with Gasteiger partial charge in [0.15, 0.2) is 0 Å². The molecule has 0 aromatic heterocycles. The van der Waals surface area contributed by atoms with Gasteiger partial charge in [0, 0.05) is 18.6 Å². The summed E-state index contributed by atoms with van der Waals surface area (Å²) in [6.45, 7) is 7.23. The van der Waals surface area contributed by atoms with Crippen molar-refractivity contribution in [3.8, 4) is 0 Å². The summed E-state index contributed by atoms with van der Waals surface area (Å²) < 4.78 is 27.5. The highest BCUT2D eigenvalue weighted by Gasteiger charge is 2.42. The second-order valence-electron chi connectivity index (χ2n) is 4.77. The number of hydrogen-bond acceptors (Lipinski definition) is 2. The average Bonchev–Trinajstić information content (AvgIpc) is 2.33. The highest BCUT2D eigenvalue weighted by molar-refractivity contribution is 7.87. The third-order valence-electron chi connectivity index (χ3n) is 2.87. The van der Waals surface area contributed by atoms with Crippen molar-refractivity contribution in [3.05, 3.63) is 0 Å². The Labute approximate surface area is 93.2 Å². The van der Waals surface area contributed by atoms with Gasteiger partial charge in [-0.3, -0.25) is 0 Å². The molecule has 1 heterocycles. The Balaban J connectivity index is 2.50. The van der Waals surface area contributed by atoms with Crippen molar-refractivity contribution in [2.75, 3.05) is 13.1 Å². The Morgan fingerprint density at radius 3 is 2.40 bits per heavy atom. The third-order valence-corrected chi connectivity index (χ3v) is 4.63. The van der Waals surface area contributed by atoms with Crippen LogP contribution in [-0.2, 0) is 10.2 Å². The lowest BCUT2D eigenvalue weighted by atomic mass is 10.1. The molecule has 0 spiro atoms. The summed E-state index contributed by atoms with van der Waals surface area (Å²) in [6, 6.07) is 0. The summed E-state index contributed by atoms with van der Waals surface area (Å²) in [5.74, 6) is 0. The predicted octanol–water partition coefficient (Wildman–Crippen LogP) is 1.50. The van der Waals surface area contributed by atoms with E-state index in [-0.39, 0.29) is 5.54 Å². The largest absolute Gasteiger partial charge is 0.280 e. The zero-order valence-corrected chi connectivity index (χ0v) is 10.7. The van der Waals surface area contributed by atoms with Crippen molar-refractivity contribution in [1.29, 1.82) is 0 Å². The molecule has 0 aliphatic carbocycles. The van der Waals surface area contributed by atoms with Crippen LogP contribution in [0.1, 0.15) is 46.5 Å². The Kier molecular flexibility index (Phi) is 4.14. The molecule has 1 N–H and O–H groups in total. The summed E-state index contributed by atoms with van der Waals surface area (Å²) in [5.41, 5.74) is -0.273. The van der Waals surface area contributed by atoms with E-state index in [4.69, 9.17) is 0 Å². The summed E-state index contributed by atoms with van der Waals surface area (Å²) in [6.07, 6.45) is 4.42. The number of hydrogen-bond donors (Lipinski definition) is 1. The Hall–Kier alpha value is -0.130. The fraction of sp³-hybridized carbons (Fsp3) is 1.00. The first-order chi connectivity index (χ1) is 6.90. The zero-order valence-electron chi connectivity index (χ0n) is 9.91. The number of rotatable bonds is 5. The van der Waals surface area contributed by atoms with Crippen LogP contribution in [-0.4, -0.2) is 31.4 Å². The molecular formula is C10H22N2O2S. The maximum Gasteiger partial charge on any atom is 0.280 e. The first-order valence-corrected chi connectivity index (χ1v) is 7.11. The molecule has 5 heteroatoms. The van der Waals surface area contributed by atoms with Crippen LogP contribution in [0.4, 0.5) is 0 Å². The monoisotopic (exact) mass is 234 g/mol. The van der Waals surface area contributed by atoms with Gasteiger partial charge >= 0.3 is 0 Å². The van der Waals surface area contributed by atoms with Crippen molar-refractivity contribution in [3.63, 3.8) is 0 Å². The Morgan fingerprint density at radius 1 is 1.27 bits per heavy atom. The SMILES string of the molecule is CCCCCCN1C(C)(C)CNS1(=O)=O. The molecule has 0 radical (unpaired) electrons. The van der Waals surface area contributed by atoms with Crippen molar-refractivity contribution in [1.82, 2.24) is 9.03 Å². The highest BCUT2D eigenvalue weighted by atomic mass is 32.2. The van der Waals surface area contributed by atoms with Crippen LogP contribution in [0.25, 0.3) is 0 Å². The van der Waals surface area contributed by atoms with Gasteiger partial charge in [-0.05, 0) is 20.3 Å². The molecule has 1 saturated heterocycles. The smallest absolute Gasteiger partial charge is 0.200 e. The Bertz CT molecular complexity index is 299. The van der Waals surface area contributed by atoms with Gasteiger partial charge in [0.05, 0.1) is 0 Å². The quantitative estimate of drug-likeness (QED) is 0.733. The molecule has 0 saturated carbocycles. The lowest BCUT2D eigenvalue weighted by Crippen LogP contribution is -2.42.